The second-order valence-corrected chi connectivity index (χ2v) is 7.10. The zero-order valence-corrected chi connectivity index (χ0v) is 14.6. The largest absolute Gasteiger partial charge is 0.384 e. The van der Waals surface area contributed by atoms with E-state index in [1.165, 1.54) is 30.3 Å². The van der Waals surface area contributed by atoms with Gasteiger partial charge in [0.15, 0.2) is 16.8 Å². The van der Waals surface area contributed by atoms with E-state index < -0.39 is 5.82 Å². The predicted molar refractivity (Wildman–Crippen MR) is 97.8 cm³/mol. The number of nitrogens with zero attached hydrogens (tertiary/aromatic N) is 5. The summed E-state index contributed by atoms with van der Waals surface area (Å²) in [5, 5.41) is 3.92. The van der Waals surface area contributed by atoms with Gasteiger partial charge in [-0.2, -0.15) is 0 Å². The molecule has 0 bridgehead atoms. The molecule has 1 aliphatic heterocycles. The molecule has 3 aromatic heterocycles. The molecule has 0 radical (unpaired) electrons. The first-order chi connectivity index (χ1) is 12.1. The van der Waals surface area contributed by atoms with Gasteiger partial charge in [-0.05, 0) is 26.2 Å². The Labute approximate surface area is 148 Å². The Morgan fingerprint density at radius 1 is 1.32 bits per heavy atom. The van der Waals surface area contributed by atoms with E-state index in [0.29, 0.717) is 33.7 Å². The van der Waals surface area contributed by atoms with Gasteiger partial charge in [0, 0.05) is 18.7 Å². The number of halogens is 1. The summed E-state index contributed by atoms with van der Waals surface area (Å²) in [6.07, 6.45) is 6.03. The summed E-state index contributed by atoms with van der Waals surface area (Å²) >= 11 is 1.45. The molecule has 1 fully saturated rings. The van der Waals surface area contributed by atoms with Gasteiger partial charge in [-0.3, -0.25) is 0 Å². The molecule has 4 rings (SSSR count). The summed E-state index contributed by atoms with van der Waals surface area (Å²) < 4.78 is 14.9. The van der Waals surface area contributed by atoms with Gasteiger partial charge >= 0.3 is 0 Å². The molecule has 1 aliphatic rings. The van der Waals surface area contributed by atoms with Gasteiger partial charge in [-0.25, -0.2) is 24.3 Å². The van der Waals surface area contributed by atoms with Gasteiger partial charge in [0.2, 0.25) is 0 Å². The maximum Gasteiger partial charge on any atom is 0.186 e. The highest BCUT2D eigenvalue weighted by molar-refractivity contribution is 7.22. The summed E-state index contributed by atoms with van der Waals surface area (Å²) in [4.78, 5) is 18.9. The molecule has 1 saturated heterocycles. The number of anilines is 4. The highest BCUT2D eigenvalue weighted by atomic mass is 32.1. The predicted octanol–water partition coefficient (Wildman–Crippen LogP) is 3.33. The Morgan fingerprint density at radius 2 is 2.20 bits per heavy atom. The number of piperidine rings is 1. The SMILES string of the molecule is C[C@H]1CCCCN1c1nc2c(F)cnc(Nc3cc(N)ncn3)c2s1. The van der Waals surface area contributed by atoms with E-state index in [1.54, 1.807) is 6.07 Å². The van der Waals surface area contributed by atoms with Crippen LogP contribution in [0.5, 0.6) is 0 Å². The molecule has 0 spiro atoms. The van der Waals surface area contributed by atoms with Crippen LogP contribution in [0.1, 0.15) is 26.2 Å². The van der Waals surface area contributed by atoms with E-state index in [2.05, 4.69) is 37.1 Å². The minimum absolute atomic E-state index is 0.331. The number of rotatable bonds is 3. The third kappa shape index (κ3) is 3.07. The van der Waals surface area contributed by atoms with Gasteiger partial charge in [0.25, 0.3) is 0 Å². The number of pyridine rings is 1. The number of aromatic nitrogens is 4. The lowest BCUT2D eigenvalue weighted by molar-refractivity contribution is 0.484. The second kappa shape index (κ2) is 6.40. The molecule has 4 heterocycles. The van der Waals surface area contributed by atoms with Crippen LogP contribution in [0.15, 0.2) is 18.6 Å². The average molecular weight is 359 g/mol. The van der Waals surface area contributed by atoms with Crippen LogP contribution in [0.2, 0.25) is 0 Å². The Morgan fingerprint density at radius 3 is 3.00 bits per heavy atom. The van der Waals surface area contributed by atoms with Crippen LogP contribution in [0.25, 0.3) is 10.2 Å². The minimum atomic E-state index is -0.421. The fourth-order valence-electron chi connectivity index (χ4n) is 3.03. The third-order valence-electron chi connectivity index (χ3n) is 4.35. The quantitative estimate of drug-likeness (QED) is 0.741. The molecule has 0 unspecified atom stereocenters. The molecular formula is C16H18FN7S. The lowest BCUT2D eigenvalue weighted by atomic mass is 10.1. The van der Waals surface area contributed by atoms with Crippen molar-refractivity contribution in [1.82, 2.24) is 19.9 Å². The summed E-state index contributed by atoms with van der Waals surface area (Å²) in [5.74, 6) is 0.954. The molecule has 3 N–H and O–H groups in total. The number of nitrogen functional groups attached to an aromatic ring is 1. The molecule has 0 aliphatic carbocycles. The van der Waals surface area contributed by atoms with Crippen molar-refractivity contribution in [3.63, 3.8) is 0 Å². The maximum atomic E-state index is 14.2. The Balaban J connectivity index is 1.74. The number of fused-ring (bicyclic) bond motifs is 1. The summed E-state index contributed by atoms with van der Waals surface area (Å²) in [7, 11) is 0. The average Bonchev–Trinajstić information content (AvgIpc) is 3.04. The van der Waals surface area contributed by atoms with Crippen molar-refractivity contribution in [2.24, 2.45) is 0 Å². The molecule has 1 atom stereocenters. The zero-order valence-electron chi connectivity index (χ0n) is 13.7. The first-order valence-corrected chi connectivity index (χ1v) is 8.99. The van der Waals surface area contributed by atoms with Gasteiger partial charge in [0.1, 0.15) is 28.2 Å². The monoisotopic (exact) mass is 359 g/mol. The minimum Gasteiger partial charge on any atom is -0.384 e. The van der Waals surface area contributed by atoms with Crippen molar-refractivity contribution < 1.29 is 4.39 Å². The van der Waals surface area contributed by atoms with Crippen molar-refractivity contribution in [3.05, 3.63) is 24.4 Å². The molecule has 7 nitrogen and oxygen atoms in total. The van der Waals surface area contributed by atoms with Crippen molar-refractivity contribution >= 4 is 44.1 Å². The van der Waals surface area contributed by atoms with Gasteiger partial charge in [-0.1, -0.05) is 11.3 Å². The Bertz CT molecular complexity index is 913. The lowest BCUT2D eigenvalue weighted by Gasteiger charge is -2.32. The molecular weight excluding hydrogens is 341 g/mol. The number of thiazole rings is 1. The number of nitrogens with one attached hydrogen (secondary N) is 1. The van der Waals surface area contributed by atoms with E-state index in [-0.39, 0.29) is 0 Å². The zero-order chi connectivity index (χ0) is 17.4. The van der Waals surface area contributed by atoms with Crippen molar-refractivity contribution in [3.8, 4) is 0 Å². The standard InChI is InChI=1S/C16H18FN7S/c1-9-4-2-3-5-24(9)16-23-13-10(17)7-19-15(14(13)25-16)22-12-6-11(18)20-8-21-12/h6-9H,2-5H2,1H3,(H3,18,19,20,21,22)/t9-/m0/s1. The van der Waals surface area contributed by atoms with E-state index in [0.717, 1.165) is 24.5 Å². The van der Waals surface area contributed by atoms with Gasteiger partial charge < -0.3 is 16.0 Å². The molecule has 9 heteroatoms. The summed E-state index contributed by atoms with van der Waals surface area (Å²) in [6.45, 7) is 3.13. The Kier molecular flexibility index (Phi) is 4.08. The molecule has 0 aromatic carbocycles. The first-order valence-electron chi connectivity index (χ1n) is 8.18. The highest BCUT2D eigenvalue weighted by Gasteiger charge is 2.23. The highest BCUT2D eigenvalue weighted by Crippen LogP contribution is 2.37. The third-order valence-corrected chi connectivity index (χ3v) is 5.45. The normalized spacial score (nSPS) is 17.8. The fraction of sp³-hybridized carbons (Fsp3) is 0.375. The maximum absolute atomic E-state index is 14.2. The Hall–Kier alpha value is -2.55. The van der Waals surface area contributed by atoms with E-state index >= 15 is 0 Å². The number of nitrogens with two attached hydrogens (primary N) is 1. The van der Waals surface area contributed by atoms with Crippen LogP contribution in [0.4, 0.5) is 27.0 Å². The molecule has 0 saturated carbocycles. The smallest absolute Gasteiger partial charge is 0.186 e. The van der Waals surface area contributed by atoms with Crippen LogP contribution in [-0.4, -0.2) is 32.5 Å². The fourth-order valence-corrected chi connectivity index (χ4v) is 4.18. The van der Waals surface area contributed by atoms with Crippen LogP contribution >= 0.6 is 11.3 Å². The van der Waals surface area contributed by atoms with Crippen LogP contribution in [-0.2, 0) is 0 Å². The molecule has 130 valence electrons. The van der Waals surface area contributed by atoms with Crippen molar-refractivity contribution in [2.75, 3.05) is 22.5 Å². The summed E-state index contributed by atoms with van der Waals surface area (Å²) in [5.41, 5.74) is 6.01. The van der Waals surface area contributed by atoms with Crippen LogP contribution < -0.4 is 16.0 Å². The first kappa shape index (κ1) is 15.9. The van der Waals surface area contributed by atoms with E-state index in [4.69, 9.17) is 5.73 Å². The number of hydrogen-bond acceptors (Lipinski definition) is 8. The van der Waals surface area contributed by atoms with E-state index in [1.807, 2.05) is 0 Å². The van der Waals surface area contributed by atoms with Gasteiger partial charge in [0.05, 0.1) is 6.20 Å². The topological polar surface area (TPSA) is 92.9 Å². The molecule has 0 amide bonds. The van der Waals surface area contributed by atoms with Crippen LogP contribution in [0.3, 0.4) is 0 Å². The van der Waals surface area contributed by atoms with Gasteiger partial charge in [-0.15, -0.1) is 0 Å². The van der Waals surface area contributed by atoms with Crippen LogP contribution in [0, 0.1) is 5.82 Å². The van der Waals surface area contributed by atoms with Crippen molar-refractivity contribution in [2.45, 2.75) is 32.2 Å². The molecule has 3 aromatic rings. The molecule has 25 heavy (non-hydrogen) atoms. The number of hydrogen-bond donors (Lipinski definition) is 2. The second-order valence-electron chi connectivity index (χ2n) is 6.12. The van der Waals surface area contributed by atoms with Crippen molar-refractivity contribution in [1.29, 1.82) is 0 Å². The lowest BCUT2D eigenvalue weighted by Crippen LogP contribution is -2.37. The van der Waals surface area contributed by atoms with E-state index in [9.17, 15) is 4.39 Å². The summed E-state index contributed by atoms with van der Waals surface area (Å²) in [6, 6.07) is 2.01.